The third-order valence-corrected chi connectivity index (χ3v) is 5.28. The molecule has 0 unspecified atom stereocenters. The topological polar surface area (TPSA) is 78.1 Å². The number of halogens is 1. The van der Waals surface area contributed by atoms with Crippen molar-refractivity contribution in [2.24, 2.45) is 0 Å². The molecule has 0 bridgehead atoms. The molecule has 0 saturated carbocycles. The van der Waals surface area contributed by atoms with Crippen molar-refractivity contribution in [3.63, 3.8) is 0 Å². The van der Waals surface area contributed by atoms with Gasteiger partial charge in [-0.3, -0.25) is 4.79 Å². The number of carbonyl (C=O) groups excluding carboxylic acids is 1. The highest BCUT2D eigenvalue weighted by atomic mass is 32.1. The number of aryl methyl sites for hydroxylation is 1. The van der Waals surface area contributed by atoms with E-state index in [1.165, 1.54) is 23.5 Å². The Morgan fingerprint density at radius 1 is 1.17 bits per heavy atom. The summed E-state index contributed by atoms with van der Waals surface area (Å²) >= 11 is 1.34. The molecule has 0 radical (unpaired) electrons. The van der Waals surface area contributed by atoms with Crippen LogP contribution in [-0.4, -0.2) is 21.2 Å². The first-order chi connectivity index (χ1) is 14.5. The Bertz CT molecular complexity index is 1170. The van der Waals surface area contributed by atoms with Crippen LogP contribution in [0.15, 0.2) is 58.3 Å². The van der Waals surface area contributed by atoms with Crippen LogP contribution in [0.5, 0.6) is 0 Å². The lowest BCUT2D eigenvalue weighted by Gasteiger charge is -2.08. The summed E-state index contributed by atoms with van der Waals surface area (Å²) in [6.45, 7) is 3.66. The molecule has 0 amide bonds. The van der Waals surface area contributed by atoms with Crippen molar-refractivity contribution in [1.29, 1.82) is 0 Å². The Balaban J connectivity index is 1.38. The number of hydrogen-bond donors (Lipinski definition) is 0. The van der Waals surface area contributed by atoms with Crippen molar-refractivity contribution >= 4 is 17.3 Å². The summed E-state index contributed by atoms with van der Waals surface area (Å²) in [5, 5.41) is 10.4. The molecule has 2 aromatic carbocycles. The van der Waals surface area contributed by atoms with Gasteiger partial charge in [0, 0.05) is 16.5 Å². The first-order valence-electron chi connectivity index (χ1n) is 9.28. The van der Waals surface area contributed by atoms with Crippen LogP contribution in [0.2, 0.25) is 0 Å². The Hall–Kier alpha value is -3.39. The van der Waals surface area contributed by atoms with E-state index in [1.54, 1.807) is 24.4 Å². The molecule has 2 heterocycles. The summed E-state index contributed by atoms with van der Waals surface area (Å²) in [6.07, 6.45) is -0.694. The Morgan fingerprint density at radius 3 is 2.73 bits per heavy atom. The average molecular weight is 423 g/mol. The van der Waals surface area contributed by atoms with Gasteiger partial charge in [0.2, 0.25) is 5.89 Å². The van der Waals surface area contributed by atoms with Gasteiger partial charge in [-0.05, 0) is 38.1 Å². The maximum absolute atomic E-state index is 13.4. The zero-order valence-corrected chi connectivity index (χ0v) is 17.1. The van der Waals surface area contributed by atoms with E-state index >= 15 is 0 Å². The first-order valence-corrected chi connectivity index (χ1v) is 10.2. The first kappa shape index (κ1) is 19.9. The largest absolute Gasteiger partial charge is 0.452 e. The normalized spacial score (nSPS) is 12.0. The number of esters is 1. The van der Waals surface area contributed by atoms with Gasteiger partial charge in [-0.15, -0.1) is 21.5 Å². The summed E-state index contributed by atoms with van der Waals surface area (Å²) in [7, 11) is 0. The third kappa shape index (κ3) is 4.60. The highest BCUT2D eigenvalue weighted by molar-refractivity contribution is 7.13. The molecule has 2 aromatic heterocycles. The zero-order valence-electron chi connectivity index (χ0n) is 16.3. The molecule has 0 aliphatic rings. The van der Waals surface area contributed by atoms with Gasteiger partial charge in [0.05, 0.1) is 12.1 Å². The van der Waals surface area contributed by atoms with E-state index in [9.17, 15) is 9.18 Å². The number of benzene rings is 2. The van der Waals surface area contributed by atoms with Gasteiger partial charge in [0.15, 0.2) is 6.10 Å². The lowest BCUT2D eigenvalue weighted by Crippen LogP contribution is -2.12. The summed E-state index contributed by atoms with van der Waals surface area (Å²) in [4.78, 5) is 16.7. The summed E-state index contributed by atoms with van der Waals surface area (Å²) < 4.78 is 24.4. The molecular formula is C22H18FN3O3S. The number of thiazole rings is 1. The van der Waals surface area contributed by atoms with Crippen molar-refractivity contribution in [2.75, 3.05) is 0 Å². The predicted molar refractivity (Wildman–Crippen MR) is 110 cm³/mol. The van der Waals surface area contributed by atoms with Crippen molar-refractivity contribution in [1.82, 2.24) is 15.2 Å². The molecule has 0 aliphatic carbocycles. The molecule has 30 heavy (non-hydrogen) atoms. The third-order valence-electron chi connectivity index (χ3n) is 4.34. The fraction of sp³-hybridized carbons (Fsp3) is 0.182. The van der Waals surface area contributed by atoms with Crippen LogP contribution in [0, 0.1) is 12.7 Å². The Kier molecular flexibility index (Phi) is 5.67. The van der Waals surface area contributed by atoms with Crippen LogP contribution in [0.3, 0.4) is 0 Å². The van der Waals surface area contributed by atoms with Gasteiger partial charge in [0.1, 0.15) is 10.8 Å². The summed E-state index contributed by atoms with van der Waals surface area (Å²) in [5.41, 5.74) is 3.15. The molecule has 0 aliphatic heterocycles. The minimum atomic E-state index is -0.689. The van der Waals surface area contributed by atoms with E-state index in [2.05, 4.69) is 15.2 Å². The minimum Gasteiger partial charge on any atom is -0.452 e. The maximum atomic E-state index is 13.4. The second-order valence-electron chi connectivity index (χ2n) is 6.77. The fourth-order valence-electron chi connectivity index (χ4n) is 2.79. The van der Waals surface area contributed by atoms with E-state index in [1.807, 2.05) is 31.2 Å². The number of rotatable bonds is 6. The van der Waals surface area contributed by atoms with E-state index in [4.69, 9.17) is 9.15 Å². The standard InChI is InChI=1S/C22H18FN3O3S/c1-13-6-8-15(9-7-13)21-26-25-20(29-21)14(2)28-19(27)11-18-12-30-22(24-18)16-4-3-5-17(23)10-16/h3-10,12,14H,11H2,1-2H3/t14-/m0/s1. The monoisotopic (exact) mass is 423 g/mol. The van der Waals surface area contributed by atoms with Crippen molar-refractivity contribution in [3.8, 4) is 22.0 Å². The van der Waals surface area contributed by atoms with Crippen LogP contribution in [0.25, 0.3) is 22.0 Å². The molecule has 1 atom stereocenters. The Labute approximate surface area is 176 Å². The van der Waals surface area contributed by atoms with Crippen LogP contribution in [0.4, 0.5) is 4.39 Å². The second-order valence-corrected chi connectivity index (χ2v) is 7.63. The van der Waals surface area contributed by atoms with Crippen molar-refractivity contribution in [3.05, 3.63) is 76.9 Å². The van der Waals surface area contributed by atoms with Crippen LogP contribution >= 0.6 is 11.3 Å². The second kappa shape index (κ2) is 8.54. The molecule has 4 rings (SSSR count). The molecule has 6 nitrogen and oxygen atoms in total. The zero-order chi connectivity index (χ0) is 21.1. The maximum Gasteiger partial charge on any atom is 0.312 e. The molecule has 0 N–H and O–H groups in total. The number of ether oxygens (including phenoxy) is 1. The van der Waals surface area contributed by atoms with Gasteiger partial charge < -0.3 is 9.15 Å². The molecule has 0 fully saturated rings. The van der Waals surface area contributed by atoms with Gasteiger partial charge in [0.25, 0.3) is 5.89 Å². The lowest BCUT2D eigenvalue weighted by molar-refractivity contribution is -0.148. The lowest BCUT2D eigenvalue weighted by atomic mass is 10.1. The molecular weight excluding hydrogens is 405 g/mol. The predicted octanol–water partition coefficient (Wildman–Crippen LogP) is 5.15. The minimum absolute atomic E-state index is 0.00485. The van der Waals surface area contributed by atoms with E-state index < -0.39 is 12.1 Å². The van der Waals surface area contributed by atoms with Gasteiger partial charge in [-0.1, -0.05) is 29.8 Å². The van der Waals surface area contributed by atoms with Gasteiger partial charge in [-0.2, -0.15) is 0 Å². The van der Waals surface area contributed by atoms with Crippen LogP contribution in [-0.2, 0) is 16.0 Å². The summed E-state index contributed by atoms with van der Waals surface area (Å²) in [6, 6.07) is 13.9. The van der Waals surface area contributed by atoms with Crippen molar-refractivity contribution < 1.29 is 18.3 Å². The van der Waals surface area contributed by atoms with Crippen LogP contribution in [0.1, 0.15) is 30.2 Å². The fourth-order valence-corrected chi connectivity index (χ4v) is 3.61. The molecule has 4 aromatic rings. The quantitative estimate of drug-likeness (QED) is 0.399. The van der Waals surface area contributed by atoms with Crippen molar-refractivity contribution in [2.45, 2.75) is 26.4 Å². The van der Waals surface area contributed by atoms with Crippen LogP contribution < -0.4 is 0 Å². The number of nitrogens with zero attached hydrogens (tertiary/aromatic N) is 3. The van der Waals surface area contributed by atoms with Gasteiger partial charge >= 0.3 is 5.97 Å². The number of aromatic nitrogens is 3. The van der Waals surface area contributed by atoms with E-state index in [0.29, 0.717) is 22.2 Å². The average Bonchev–Trinajstić information content (AvgIpc) is 3.38. The summed E-state index contributed by atoms with van der Waals surface area (Å²) in [5.74, 6) is -0.208. The highest BCUT2D eigenvalue weighted by Crippen LogP contribution is 2.26. The highest BCUT2D eigenvalue weighted by Gasteiger charge is 2.20. The van der Waals surface area contributed by atoms with Gasteiger partial charge in [-0.25, -0.2) is 9.37 Å². The molecule has 8 heteroatoms. The number of hydrogen-bond acceptors (Lipinski definition) is 7. The Morgan fingerprint density at radius 2 is 1.97 bits per heavy atom. The van der Waals surface area contributed by atoms with E-state index in [-0.39, 0.29) is 18.1 Å². The SMILES string of the molecule is Cc1ccc(-c2nnc([C@H](C)OC(=O)Cc3csc(-c4cccc(F)c4)n3)o2)cc1. The number of carbonyl (C=O) groups is 1. The smallest absolute Gasteiger partial charge is 0.312 e. The van der Waals surface area contributed by atoms with E-state index in [0.717, 1.165) is 11.1 Å². The molecule has 0 saturated heterocycles. The molecule has 152 valence electrons. The molecule has 0 spiro atoms.